The molecule has 0 heterocycles. The van der Waals surface area contributed by atoms with Gasteiger partial charge in [-0.25, -0.2) is 0 Å². The minimum absolute atomic E-state index is 2.50. The first kappa shape index (κ1) is 103. The summed E-state index contributed by atoms with van der Waals surface area (Å²) in [7, 11) is 0. The maximum absolute atomic E-state index is 6.27. The molecule has 0 aromatic carbocycles. The first-order valence-corrected chi connectivity index (χ1v) is 25.7. The zero-order chi connectivity index (χ0) is 91.8. The van der Waals surface area contributed by atoms with Gasteiger partial charge in [-0.2, -0.15) is 5.53 Å². The Bertz CT molecular complexity index is 4690. The van der Waals surface area contributed by atoms with Crippen LogP contribution in [0.4, 0.5) is 0 Å². The molecule has 129 heavy (non-hydrogen) atoms. The molecule has 0 amide bonds. The Labute approximate surface area is 674 Å². The van der Waals surface area contributed by atoms with Gasteiger partial charge >= 0.3 is 0 Å². The molecule has 0 rings (SSSR count). The van der Waals surface area contributed by atoms with Gasteiger partial charge in [-0.05, 0) is 78.3 Å². The number of rotatable bonds is 63. The van der Waals surface area contributed by atoms with Crippen molar-refractivity contribution in [3.63, 3.8) is 0 Å². The molecule has 0 atom stereocenters. The first-order valence-electron chi connectivity index (χ1n) is 25.7. The quantitative estimate of drug-likeness (QED) is 0.0335. The fourth-order valence-corrected chi connectivity index (χ4v) is 2.24. The van der Waals surface area contributed by atoms with E-state index in [1.807, 2.05) is 0 Å². The van der Waals surface area contributed by atoms with Crippen molar-refractivity contribution in [3.8, 4) is 0 Å². The third kappa shape index (κ3) is 102. The summed E-state index contributed by atoms with van der Waals surface area (Å²) in [6.07, 6.45) is 0. The van der Waals surface area contributed by atoms with Crippen molar-refractivity contribution in [2.75, 3.05) is 0 Å². The molecule has 129 nitrogen and oxygen atoms in total. The highest BCUT2D eigenvalue weighted by Crippen LogP contribution is 2.01. The van der Waals surface area contributed by atoms with E-state index in [0.717, 1.165) is 0 Å². The highest BCUT2D eigenvalue weighted by atomic mass is 15.8. The van der Waals surface area contributed by atoms with E-state index >= 15 is 0 Å². The Morgan fingerprint density at radius 1 is 0.0620 bits per heavy atom. The van der Waals surface area contributed by atoms with Gasteiger partial charge in [-0.3, -0.25) is 0 Å². The summed E-state index contributed by atoms with van der Waals surface area (Å²) in [6.45, 7) is 0. The minimum Gasteiger partial charge on any atom is -0.303 e. The molecule has 0 saturated carbocycles. The largest absolute Gasteiger partial charge is 0.303 e. The average Bonchev–Trinajstić information content (AvgIpc) is 1.19. The summed E-state index contributed by atoms with van der Waals surface area (Å²) >= 11 is 0. The molecular formula is H3N129. The second-order valence-corrected chi connectivity index (χ2v) is 11.4. The van der Waals surface area contributed by atoms with Gasteiger partial charge < -0.3 is 5.84 Å². The van der Waals surface area contributed by atoms with Crippen molar-refractivity contribution < 1.29 is 0 Å². The van der Waals surface area contributed by atoms with Crippen molar-refractivity contribution in [1.29, 1.82) is 5.53 Å². The Kier molecular flexibility index (Phi) is 81.8. The van der Waals surface area contributed by atoms with Crippen molar-refractivity contribution in [3.05, 3.63) is 0 Å². The van der Waals surface area contributed by atoms with Gasteiger partial charge in [0.2, 0.25) is 0 Å². The topological polar surface area (TPSA) is 1620 Å². The van der Waals surface area contributed by atoms with Crippen LogP contribution >= 0.6 is 0 Å². The van der Waals surface area contributed by atoms with E-state index in [1.54, 1.807) is 0 Å². The van der Waals surface area contributed by atoms with Crippen molar-refractivity contribution in [2.24, 2.45) is 669 Å². The standard InChI is InChI=1S/H3N129/c1-3-5-7-9-11-13-15-17-19-21-23-25-27-29-31-33-35-37-39-41-43-45-47-49-51-53-55-57-59-61-63-65-67-69-71-73-75-77-79-81-83-85-87-89-91-93-95-97-99-101-103-105-107-109-111-113-115-117-119-121-123-125-127-129-128-126-124-122-120-118-116-114-112-110-108-106-104-102-100-98-96-94-92-90-88-86-84-82-80-78-76-74-72-70-68-66-64-62-60-58-56-54-52-50-48-46-44-42-40-38-36-34-32-30-28-26-24-22-20-18-16-14-12-10-8-6-4-2/h(H3,1,2,5,6,9,10,13,14,17,18,21,22,25,26,29,30,33,34,37,38,41,42,45,46,49,50,53,54,57,58,61,62,65,66,69,70,73,74,77,78,81,82,85,86,89,90,93,94,97,98,101,102,105,106,109,110,113,114,117,118,121,122,125,126,129). The molecule has 0 unspecified atom stereocenters. The van der Waals surface area contributed by atoms with E-state index < -0.39 is 0 Å². The predicted molar refractivity (Wildman–Crippen MR) is 315 cm³/mol. The monoisotopic (exact) mass is 1810 g/mol. The Balaban J connectivity index is 4.14. The highest BCUT2D eigenvalue weighted by molar-refractivity contribution is 4.26. The minimum atomic E-state index is 2.50. The van der Waals surface area contributed by atoms with Crippen LogP contribution in [0.3, 0.4) is 0 Å². The van der Waals surface area contributed by atoms with E-state index in [4.69, 9.17) is 5.53 Å². The van der Waals surface area contributed by atoms with Gasteiger partial charge in [0.05, 0.1) is 0 Å². The molecule has 0 fully saturated rings. The van der Waals surface area contributed by atoms with Crippen LogP contribution in [-0.4, -0.2) is 0 Å². The molecule has 648 valence electrons. The summed E-state index contributed by atoms with van der Waals surface area (Å²) in [5.41, 5.74) is 6.27. The number of nitrogens with one attached hydrogen (secondary N) is 1. The fourth-order valence-electron chi connectivity index (χ4n) is 2.24. The van der Waals surface area contributed by atoms with Crippen LogP contribution in [0.5, 0.6) is 0 Å². The number of hydrogen-bond acceptors (Lipinski definition) is 2. The average molecular weight is 1810 g/mol. The van der Waals surface area contributed by atoms with E-state index in [9.17, 15) is 0 Å². The lowest BCUT2D eigenvalue weighted by molar-refractivity contribution is 0.722. The summed E-state index contributed by atoms with van der Waals surface area (Å²) in [4.78, 5) is 0. The Morgan fingerprint density at radius 2 is 0.101 bits per heavy atom. The SMILES string of the molecule is N=N/N=N/N=N/N=N/N=N/N=N/N=N/N=N/N=N/N=N/N=N/N=N/N=N/N=N/N=N/N=N/N=N/N=N/N=N/N=N/N=N/N=N/N=N/N=N/N=N/N=N/N=N/N=N/N=N/N=N/N=N/N=N/N=N/N=N/N=N/N=N/N=N/N=N/N=N/N=N/N=N/N=N/N=N/N=N/N=N/N=N/N=N/N=N/N=N/N=N/N=N/N=N/N=N/N=N/N=N/N=N/N=N/N=N/N=N/N=N/N=N/N=N/N=N/N=N/N. The Hall–Kier alpha value is -25.8. The lowest BCUT2D eigenvalue weighted by atomic mass is 12.3. The first-order chi connectivity index (χ1) is 64.4. The number of hydrogen-bond donors (Lipinski definition) is 2. The van der Waals surface area contributed by atoms with Crippen LogP contribution in [0.1, 0.15) is 0 Å². The van der Waals surface area contributed by atoms with Gasteiger partial charge in [0.15, 0.2) is 0 Å². The summed E-state index contributed by atoms with van der Waals surface area (Å²) in [5, 5.41) is 379. The Morgan fingerprint density at radius 3 is 0.140 bits per heavy atom. The third-order valence-electron chi connectivity index (χ3n) is 5.06. The van der Waals surface area contributed by atoms with Crippen molar-refractivity contribution >= 4 is 0 Å². The van der Waals surface area contributed by atoms with Gasteiger partial charge in [-0.1, -0.05) is 5.22 Å². The van der Waals surface area contributed by atoms with E-state index in [-0.39, 0.29) is 0 Å². The van der Waals surface area contributed by atoms with Crippen LogP contribution in [0.25, 0.3) is 0 Å². The molecule has 0 spiro atoms. The highest BCUT2D eigenvalue weighted by Gasteiger charge is 1.83. The zero-order valence-electron chi connectivity index (χ0n) is 57.9. The molecule has 0 radical (unpaired) electrons. The van der Waals surface area contributed by atoms with E-state index in [0.29, 0.717) is 0 Å². The molecule has 0 aromatic rings. The lowest BCUT2D eigenvalue weighted by Crippen LogP contribution is -1.70. The van der Waals surface area contributed by atoms with Crippen LogP contribution in [-0.2, 0) is 0 Å². The van der Waals surface area contributed by atoms with Crippen molar-refractivity contribution in [1.82, 2.24) is 0 Å². The molecule has 3 N–H and O–H groups in total. The van der Waals surface area contributed by atoms with Crippen LogP contribution < -0.4 is 5.84 Å². The van der Waals surface area contributed by atoms with E-state index in [1.165, 1.54) is 0 Å². The summed E-state index contributed by atoms with van der Waals surface area (Å²) < 4.78 is 0. The third-order valence-corrected chi connectivity index (χ3v) is 5.06. The van der Waals surface area contributed by atoms with Gasteiger partial charge in [0.1, 0.15) is 0 Å². The molecule has 0 aliphatic rings. The van der Waals surface area contributed by atoms with Gasteiger partial charge in [-0.15, -0.1) is 0 Å². The lowest BCUT2D eigenvalue weighted by Gasteiger charge is -1.71. The predicted octanol–water partition coefficient (Wildman–Crippen LogP) is 23.0. The number of nitrogens with two attached hydrogens (primary N) is 1. The second kappa shape index (κ2) is 102. The van der Waals surface area contributed by atoms with Crippen LogP contribution in [0, 0.1) is 5.53 Å². The maximum Gasteiger partial charge on any atom is 0 e. The molecule has 0 aromatic heterocycles. The van der Waals surface area contributed by atoms with Gasteiger partial charge in [0.25, 0.3) is 0 Å². The van der Waals surface area contributed by atoms with Gasteiger partial charge in [0, 0.05) is 580 Å². The molecule has 129 heteroatoms. The molecule has 0 bridgehead atoms. The van der Waals surface area contributed by atoms with Crippen molar-refractivity contribution in [2.45, 2.75) is 0 Å². The number of nitrogens with zero attached hydrogens (tertiary/aromatic N) is 127. The maximum atomic E-state index is 6.27. The summed E-state index contributed by atoms with van der Waals surface area (Å²) in [5.74, 6) is 4.64. The molecule has 0 saturated heterocycles. The van der Waals surface area contributed by atoms with Crippen LogP contribution in [0.15, 0.2) is 663 Å². The zero-order valence-corrected chi connectivity index (χ0v) is 57.9. The molecular weight excluding hydrogens is 1810 g/mol. The van der Waals surface area contributed by atoms with Crippen LogP contribution in [0.2, 0.25) is 0 Å². The van der Waals surface area contributed by atoms with E-state index in [2.05, 4.69) is 669 Å². The molecule has 0 aliphatic heterocycles. The molecule has 0 aliphatic carbocycles. The smallest absolute Gasteiger partial charge is 0 e. The fraction of sp³-hybridized carbons (Fsp3) is 0. The second-order valence-electron chi connectivity index (χ2n) is 11.4. The summed E-state index contributed by atoms with van der Waals surface area (Å²) in [6, 6.07) is 0. The normalized spacial score (nSPS) is 15.7.